The molecule has 1 amide bonds. The smallest absolute Gasteiger partial charge is 0.261 e. The molecule has 160 valence electrons. The highest BCUT2D eigenvalue weighted by molar-refractivity contribution is 7.92. The van der Waals surface area contributed by atoms with Crippen LogP contribution in [0.25, 0.3) is 0 Å². The standard InChI is InChI=1S/C23H22FN3O3S/c1-2-27-14-13-16-3-10-20(15-22(16)27)25-23(28)17-4-8-19(9-5-17)26-31(29,30)21-11-6-18(24)7-12-21/h3-12,15,26H,2,13-14H2,1H3,(H,25,28). The second kappa shape index (κ2) is 8.39. The van der Waals surface area contributed by atoms with E-state index in [0.717, 1.165) is 37.3 Å². The van der Waals surface area contributed by atoms with Gasteiger partial charge in [0.2, 0.25) is 0 Å². The molecule has 8 heteroatoms. The SMILES string of the molecule is CCN1CCc2ccc(NC(=O)c3ccc(NS(=O)(=O)c4ccc(F)cc4)cc3)cc21. The molecule has 1 aliphatic rings. The molecule has 0 aromatic heterocycles. The van der Waals surface area contributed by atoms with Gasteiger partial charge in [0.15, 0.2) is 0 Å². The van der Waals surface area contributed by atoms with E-state index in [-0.39, 0.29) is 10.8 Å². The zero-order chi connectivity index (χ0) is 22.0. The maximum Gasteiger partial charge on any atom is 0.261 e. The maximum atomic E-state index is 13.0. The average molecular weight is 440 g/mol. The summed E-state index contributed by atoms with van der Waals surface area (Å²) < 4.78 is 40.2. The van der Waals surface area contributed by atoms with Crippen molar-refractivity contribution in [2.75, 3.05) is 28.0 Å². The summed E-state index contributed by atoms with van der Waals surface area (Å²) in [4.78, 5) is 14.8. The van der Waals surface area contributed by atoms with Gasteiger partial charge in [-0.15, -0.1) is 0 Å². The van der Waals surface area contributed by atoms with E-state index in [2.05, 4.69) is 21.9 Å². The first-order valence-corrected chi connectivity index (χ1v) is 11.4. The Morgan fingerprint density at radius 3 is 2.35 bits per heavy atom. The molecular weight excluding hydrogens is 417 g/mol. The van der Waals surface area contributed by atoms with E-state index in [9.17, 15) is 17.6 Å². The molecule has 0 spiro atoms. The monoisotopic (exact) mass is 439 g/mol. The van der Waals surface area contributed by atoms with E-state index < -0.39 is 15.8 Å². The molecule has 0 saturated heterocycles. The van der Waals surface area contributed by atoms with Gasteiger partial charge in [-0.3, -0.25) is 9.52 Å². The first kappa shape index (κ1) is 20.9. The Morgan fingerprint density at radius 2 is 1.68 bits per heavy atom. The minimum atomic E-state index is -3.85. The fourth-order valence-corrected chi connectivity index (χ4v) is 4.63. The van der Waals surface area contributed by atoms with Crippen LogP contribution in [0.5, 0.6) is 0 Å². The fraction of sp³-hybridized carbons (Fsp3) is 0.174. The minimum absolute atomic E-state index is 0.0477. The summed E-state index contributed by atoms with van der Waals surface area (Å²) >= 11 is 0. The van der Waals surface area contributed by atoms with Crippen molar-refractivity contribution in [3.05, 3.63) is 83.7 Å². The molecule has 0 saturated carbocycles. The molecule has 0 bridgehead atoms. The van der Waals surface area contributed by atoms with Gasteiger partial charge in [-0.05, 0) is 79.6 Å². The maximum absolute atomic E-state index is 13.0. The van der Waals surface area contributed by atoms with Gasteiger partial charge in [-0.1, -0.05) is 6.07 Å². The van der Waals surface area contributed by atoms with Gasteiger partial charge < -0.3 is 10.2 Å². The molecule has 3 aromatic rings. The lowest BCUT2D eigenvalue weighted by Gasteiger charge is -2.17. The zero-order valence-corrected chi connectivity index (χ0v) is 17.7. The van der Waals surface area contributed by atoms with Crippen LogP contribution in [0.2, 0.25) is 0 Å². The molecule has 0 aliphatic carbocycles. The van der Waals surface area contributed by atoms with Crippen LogP contribution < -0.4 is 14.9 Å². The number of halogens is 1. The Bertz CT molecular complexity index is 1210. The van der Waals surface area contributed by atoms with Crippen molar-refractivity contribution in [2.45, 2.75) is 18.2 Å². The van der Waals surface area contributed by atoms with E-state index in [1.165, 1.54) is 29.8 Å². The highest BCUT2D eigenvalue weighted by atomic mass is 32.2. The number of hydrogen-bond acceptors (Lipinski definition) is 4. The molecule has 2 N–H and O–H groups in total. The predicted molar refractivity (Wildman–Crippen MR) is 120 cm³/mol. The van der Waals surface area contributed by atoms with E-state index >= 15 is 0 Å². The number of carbonyl (C=O) groups is 1. The predicted octanol–water partition coefficient (Wildman–Crippen LogP) is 4.26. The normalized spacial score (nSPS) is 13.0. The number of amides is 1. The summed E-state index contributed by atoms with van der Waals surface area (Å²) in [6.45, 7) is 4.00. The second-order valence-corrected chi connectivity index (χ2v) is 8.95. The van der Waals surface area contributed by atoms with Gasteiger partial charge in [0.05, 0.1) is 4.90 Å². The van der Waals surface area contributed by atoms with Crippen LogP contribution in [-0.4, -0.2) is 27.4 Å². The van der Waals surface area contributed by atoms with Gasteiger partial charge in [0.25, 0.3) is 15.9 Å². The topological polar surface area (TPSA) is 78.5 Å². The largest absolute Gasteiger partial charge is 0.371 e. The summed E-state index contributed by atoms with van der Waals surface area (Å²) in [5.41, 5.74) is 3.84. The number of fused-ring (bicyclic) bond motifs is 1. The third kappa shape index (κ3) is 4.54. The fourth-order valence-electron chi connectivity index (χ4n) is 3.57. The Hall–Kier alpha value is -3.39. The number of rotatable bonds is 6. The third-order valence-corrected chi connectivity index (χ3v) is 6.64. The van der Waals surface area contributed by atoms with Crippen molar-refractivity contribution >= 4 is 33.0 Å². The first-order chi connectivity index (χ1) is 14.9. The van der Waals surface area contributed by atoms with E-state index in [0.29, 0.717) is 16.9 Å². The molecular formula is C23H22FN3O3S. The van der Waals surface area contributed by atoms with Crippen molar-refractivity contribution in [1.82, 2.24) is 0 Å². The van der Waals surface area contributed by atoms with Crippen molar-refractivity contribution in [1.29, 1.82) is 0 Å². The lowest BCUT2D eigenvalue weighted by molar-refractivity contribution is 0.102. The van der Waals surface area contributed by atoms with Crippen LogP contribution >= 0.6 is 0 Å². The highest BCUT2D eigenvalue weighted by Gasteiger charge is 2.19. The molecule has 0 fully saturated rings. The van der Waals surface area contributed by atoms with Gasteiger partial charge in [0.1, 0.15) is 5.82 Å². The van der Waals surface area contributed by atoms with Crippen molar-refractivity contribution in [2.24, 2.45) is 0 Å². The molecule has 0 atom stereocenters. The Balaban J connectivity index is 1.45. The quantitative estimate of drug-likeness (QED) is 0.602. The number of nitrogens with zero attached hydrogens (tertiary/aromatic N) is 1. The average Bonchev–Trinajstić information content (AvgIpc) is 3.16. The molecule has 1 heterocycles. The summed E-state index contributed by atoms with van der Waals surface area (Å²) in [5.74, 6) is -0.797. The van der Waals surface area contributed by atoms with Crippen molar-refractivity contribution in [3.63, 3.8) is 0 Å². The zero-order valence-electron chi connectivity index (χ0n) is 16.9. The van der Waals surface area contributed by atoms with Crippen LogP contribution in [0, 0.1) is 5.82 Å². The van der Waals surface area contributed by atoms with Crippen LogP contribution in [0.1, 0.15) is 22.8 Å². The number of anilines is 3. The molecule has 1 aliphatic heterocycles. The number of hydrogen-bond donors (Lipinski definition) is 2. The summed E-state index contributed by atoms with van der Waals surface area (Å²) in [6.07, 6.45) is 1.01. The highest BCUT2D eigenvalue weighted by Crippen LogP contribution is 2.30. The van der Waals surface area contributed by atoms with E-state index in [1.807, 2.05) is 18.2 Å². The Morgan fingerprint density at radius 1 is 1.00 bits per heavy atom. The van der Waals surface area contributed by atoms with Gasteiger partial charge in [0, 0.05) is 35.7 Å². The van der Waals surface area contributed by atoms with E-state index in [4.69, 9.17) is 0 Å². The number of sulfonamides is 1. The van der Waals surface area contributed by atoms with Crippen LogP contribution in [-0.2, 0) is 16.4 Å². The second-order valence-electron chi connectivity index (χ2n) is 7.26. The number of carbonyl (C=O) groups excluding carboxylic acids is 1. The van der Waals surface area contributed by atoms with Gasteiger partial charge >= 0.3 is 0 Å². The Labute approximate surface area is 180 Å². The molecule has 4 rings (SSSR count). The van der Waals surface area contributed by atoms with Gasteiger partial charge in [-0.25, -0.2) is 12.8 Å². The van der Waals surface area contributed by atoms with Crippen molar-refractivity contribution < 1.29 is 17.6 Å². The van der Waals surface area contributed by atoms with Crippen LogP contribution in [0.4, 0.5) is 21.5 Å². The third-order valence-electron chi connectivity index (χ3n) is 5.24. The Kier molecular flexibility index (Phi) is 5.65. The molecule has 0 radical (unpaired) electrons. The van der Waals surface area contributed by atoms with Gasteiger partial charge in [-0.2, -0.15) is 0 Å². The molecule has 3 aromatic carbocycles. The number of nitrogens with one attached hydrogen (secondary N) is 2. The summed E-state index contributed by atoms with van der Waals surface area (Å²) in [7, 11) is -3.85. The first-order valence-electron chi connectivity index (χ1n) is 9.93. The molecule has 6 nitrogen and oxygen atoms in total. The van der Waals surface area contributed by atoms with E-state index in [1.54, 1.807) is 12.1 Å². The lowest BCUT2D eigenvalue weighted by Crippen LogP contribution is -2.19. The minimum Gasteiger partial charge on any atom is -0.371 e. The molecule has 0 unspecified atom stereocenters. The number of benzene rings is 3. The number of likely N-dealkylation sites (N-methyl/N-ethyl adjacent to an activating group) is 1. The van der Waals surface area contributed by atoms with Crippen LogP contribution in [0.3, 0.4) is 0 Å². The lowest BCUT2D eigenvalue weighted by atomic mass is 10.1. The van der Waals surface area contributed by atoms with Crippen molar-refractivity contribution in [3.8, 4) is 0 Å². The summed E-state index contributed by atoms with van der Waals surface area (Å²) in [6, 6.07) is 16.6. The summed E-state index contributed by atoms with van der Waals surface area (Å²) in [5, 5.41) is 2.89. The van der Waals surface area contributed by atoms with Crippen LogP contribution in [0.15, 0.2) is 71.6 Å². The molecule has 31 heavy (non-hydrogen) atoms.